The van der Waals surface area contributed by atoms with Gasteiger partial charge >= 0.3 is 0 Å². The Hall–Kier alpha value is -1.81. The van der Waals surface area contributed by atoms with Crippen LogP contribution in [-0.2, 0) is 17.6 Å². The van der Waals surface area contributed by atoms with Crippen molar-refractivity contribution in [3.63, 3.8) is 0 Å². The van der Waals surface area contributed by atoms with Gasteiger partial charge in [-0.25, -0.2) is 0 Å². The molecular weight excluding hydrogens is 330 g/mol. The molecule has 0 unspecified atom stereocenters. The number of anilines is 1. The molecule has 2 aromatic carbocycles. The van der Waals surface area contributed by atoms with Crippen LogP contribution >= 0.6 is 15.9 Å². The molecular formula is C17H18BrNO2. The number of methoxy groups -OCH3 is 1. The van der Waals surface area contributed by atoms with E-state index in [9.17, 15) is 4.79 Å². The molecule has 2 aromatic rings. The molecule has 0 bridgehead atoms. The van der Waals surface area contributed by atoms with Crippen molar-refractivity contribution >= 4 is 27.5 Å². The van der Waals surface area contributed by atoms with E-state index in [0.717, 1.165) is 33.5 Å². The maximum absolute atomic E-state index is 12.1. The molecule has 3 nitrogen and oxygen atoms in total. The average Bonchev–Trinajstić information content (AvgIpc) is 2.49. The van der Waals surface area contributed by atoms with Gasteiger partial charge in [0.25, 0.3) is 0 Å². The van der Waals surface area contributed by atoms with E-state index in [1.165, 1.54) is 0 Å². The lowest BCUT2D eigenvalue weighted by Crippen LogP contribution is -2.15. The smallest absolute Gasteiger partial charge is 0.228 e. The number of aryl methyl sites for hydroxylation is 1. The van der Waals surface area contributed by atoms with Crippen LogP contribution in [0.1, 0.15) is 18.1 Å². The predicted molar refractivity (Wildman–Crippen MR) is 88.8 cm³/mol. The van der Waals surface area contributed by atoms with E-state index in [-0.39, 0.29) is 5.91 Å². The molecule has 4 heteroatoms. The number of amides is 1. The first-order valence-corrected chi connectivity index (χ1v) is 7.63. The van der Waals surface area contributed by atoms with Gasteiger partial charge in [0.2, 0.25) is 5.91 Å². The number of hydrogen-bond donors (Lipinski definition) is 1. The highest BCUT2D eigenvalue weighted by Crippen LogP contribution is 2.22. The number of carbonyl (C=O) groups excluding carboxylic acids is 1. The summed E-state index contributed by atoms with van der Waals surface area (Å²) in [5.41, 5.74) is 2.95. The van der Waals surface area contributed by atoms with E-state index < -0.39 is 0 Å². The van der Waals surface area contributed by atoms with Gasteiger partial charge in [0, 0.05) is 10.2 Å². The van der Waals surface area contributed by atoms with Gasteiger partial charge in [-0.2, -0.15) is 0 Å². The van der Waals surface area contributed by atoms with E-state index in [2.05, 4.69) is 28.2 Å². The van der Waals surface area contributed by atoms with E-state index in [1.807, 2.05) is 42.5 Å². The minimum absolute atomic E-state index is 0.0165. The molecule has 0 aliphatic rings. The van der Waals surface area contributed by atoms with Crippen LogP contribution in [0, 0.1) is 0 Å². The monoisotopic (exact) mass is 347 g/mol. The molecule has 1 N–H and O–H groups in total. The van der Waals surface area contributed by atoms with Gasteiger partial charge in [-0.05, 0) is 47.9 Å². The number of carbonyl (C=O) groups is 1. The molecule has 0 radical (unpaired) electrons. The summed E-state index contributed by atoms with van der Waals surface area (Å²) < 4.78 is 6.13. The second kappa shape index (κ2) is 7.27. The van der Waals surface area contributed by atoms with Gasteiger partial charge < -0.3 is 10.1 Å². The molecule has 110 valence electrons. The van der Waals surface area contributed by atoms with Crippen molar-refractivity contribution in [1.29, 1.82) is 0 Å². The van der Waals surface area contributed by atoms with Crippen molar-refractivity contribution in [2.75, 3.05) is 12.4 Å². The first-order valence-electron chi connectivity index (χ1n) is 6.83. The van der Waals surface area contributed by atoms with Crippen LogP contribution < -0.4 is 10.1 Å². The zero-order valence-corrected chi connectivity index (χ0v) is 13.7. The first-order chi connectivity index (χ1) is 10.1. The van der Waals surface area contributed by atoms with Crippen molar-refractivity contribution in [3.8, 4) is 5.75 Å². The number of nitrogens with one attached hydrogen (secondary N) is 1. The van der Waals surface area contributed by atoms with Gasteiger partial charge in [-0.3, -0.25) is 4.79 Å². The molecule has 21 heavy (non-hydrogen) atoms. The lowest BCUT2D eigenvalue weighted by molar-refractivity contribution is -0.115. The molecule has 0 heterocycles. The van der Waals surface area contributed by atoms with E-state index in [0.29, 0.717) is 6.42 Å². The quantitative estimate of drug-likeness (QED) is 0.879. The highest BCUT2D eigenvalue weighted by Gasteiger charge is 2.07. The SMILES string of the molecule is CCc1cc(Br)ccc1NC(=O)Cc1ccc(OC)cc1. The van der Waals surface area contributed by atoms with Crippen molar-refractivity contribution in [1.82, 2.24) is 0 Å². The lowest BCUT2D eigenvalue weighted by atomic mass is 10.1. The van der Waals surface area contributed by atoms with Gasteiger partial charge in [0.15, 0.2) is 0 Å². The molecule has 2 rings (SSSR count). The van der Waals surface area contributed by atoms with Crippen molar-refractivity contribution in [2.45, 2.75) is 19.8 Å². The number of ether oxygens (including phenoxy) is 1. The van der Waals surface area contributed by atoms with E-state index in [1.54, 1.807) is 7.11 Å². The fourth-order valence-electron chi connectivity index (χ4n) is 2.10. The summed E-state index contributed by atoms with van der Waals surface area (Å²) >= 11 is 3.45. The van der Waals surface area contributed by atoms with Crippen LogP contribution in [0.4, 0.5) is 5.69 Å². The van der Waals surface area contributed by atoms with Crippen molar-refractivity contribution < 1.29 is 9.53 Å². The van der Waals surface area contributed by atoms with Crippen LogP contribution in [0.25, 0.3) is 0 Å². The third kappa shape index (κ3) is 4.33. The van der Waals surface area contributed by atoms with Gasteiger partial charge in [-0.15, -0.1) is 0 Å². The molecule has 0 saturated carbocycles. The third-order valence-electron chi connectivity index (χ3n) is 3.25. The predicted octanol–water partition coefficient (Wildman–Crippen LogP) is 4.20. The molecule has 1 amide bonds. The minimum atomic E-state index is -0.0165. The van der Waals surface area contributed by atoms with Gasteiger partial charge in [0.05, 0.1) is 13.5 Å². The standard InChI is InChI=1S/C17H18BrNO2/c1-3-13-11-14(18)6-9-16(13)19-17(20)10-12-4-7-15(21-2)8-5-12/h4-9,11H,3,10H2,1-2H3,(H,19,20). The molecule has 0 atom stereocenters. The molecule has 0 saturated heterocycles. The average molecular weight is 348 g/mol. The van der Waals surface area contributed by atoms with Crippen LogP contribution in [0.3, 0.4) is 0 Å². The molecule has 0 aliphatic carbocycles. The summed E-state index contributed by atoms with van der Waals surface area (Å²) in [6, 6.07) is 13.4. The minimum Gasteiger partial charge on any atom is -0.497 e. The molecule has 0 fully saturated rings. The fraction of sp³-hybridized carbons (Fsp3) is 0.235. The zero-order chi connectivity index (χ0) is 15.2. The zero-order valence-electron chi connectivity index (χ0n) is 12.2. The number of rotatable bonds is 5. The molecule has 0 aliphatic heterocycles. The summed E-state index contributed by atoms with van der Waals surface area (Å²) in [6.45, 7) is 2.07. The highest BCUT2D eigenvalue weighted by molar-refractivity contribution is 9.10. The number of hydrogen-bond acceptors (Lipinski definition) is 2. The summed E-state index contributed by atoms with van der Waals surface area (Å²) in [7, 11) is 1.63. The maximum Gasteiger partial charge on any atom is 0.228 e. The van der Waals surface area contributed by atoms with Gasteiger partial charge in [0.1, 0.15) is 5.75 Å². The Kier molecular flexibility index (Phi) is 5.39. The van der Waals surface area contributed by atoms with Crippen LogP contribution in [0.15, 0.2) is 46.9 Å². The largest absolute Gasteiger partial charge is 0.497 e. The Balaban J connectivity index is 2.04. The lowest BCUT2D eigenvalue weighted by Gasteiger charge is -2.10. The first kappa shape index (κ1) is 15.6. The van der Waals surface area contributed by atoms with Crippen molar-refractivity contribution in [3.05, 3.63) is 58.1 Å². The number of benzene rings is 2. The highest BCUT2D eigenvalue weighted by atomic mass is 79.9. The Morgan fingerprint density at radius 2 is 1.90 bits per heavy atom. The van der Waals surface area contributed by atoms with E-state index >= 15 is 0 Å². The third-order valence-corrected chi connectivity index (χ3v) is 3.74. The second-order valence-electron chi connectivity index (χ2n) is 4.73. The summed E-state index contributed by atoms with van der Waals surface area (Å²) in [5, 5.41) is 2.97. The molecule has 0 aromatic heterocycles. The summed E-state index contributed by atoms with van der Waals surface area (Å²) in [4.78, 5) is 12.1. The fourth-order valence-corrected chi connectivity index (χ4v) is 2.51. The Labute approximate surface area is 133 Å². The number of halogens is 1. The van der Waals surface area contributed by atoms with Crippen LogP contribution in [0.2, 0.25) is 0 Å². The summed E-state index contributed by atoms with van der Waals surface area (Å²) in [6.07, 6.45) is 1.22. The van der Waals surface area contributed by atoms with E-state index in [4.69, 9.17) is 4.74 Å². The topological polar surface area (TPSA) is 38.3 Å². The van der Waals surface area contributed by atoms with Crippen molar-refractivity contribution in [2.24, 2.45) is 0 Å². The Morgan fingerprint density at radius 3 is 2.52 bits per heavy atom. The Bertz CT molecular complexity index is 623. The second-order valence-corrected chi connectivity index (χ2v) is 5.64. The Morgan fingerprint density at radius 1 is 1.19 bits per heavy atom. The maximum atomic E-state index is 12.1. The van der Waals surface area contributed by atoms with Gasteiger partial charge in [-0.1, -0.05) is 35.0 Å². The normalized spacial score (nSPS) is 10.2. The van der Waals surface area contributed by atoms with Crippen LogP contribution in [-0.4, -0.2) is 13.0 Å². The molecule has 0 spiro atoms. The van der Waals surface area contributed by atoms with Crippen LogP contribution in [0.5, 0.6) is 5.75 Å². The summed E-state index contributed by atoms with van der Waals surface area (Å²) in [5.74, 6) is 0.775.